The molecule has 1 aromatic rings. The van der Waals surface area contributed by atoms with Crippen LogP contribution in [-0.4, -0.2) is 29.3 Å². The average molecular weight is 237 g/mol. The zero-order valence-corrected chi connectivity index (χ0v) is 9.85. The third kappa shape index (κ3) is 1.64. The molecule has 1 saturated heterocycles. The Morgan fingerprint density at radius 3 is 3.19 bits per heavy atom. The van der Waals surface area contributed by atoms with Gasteiger partial charge in [-0.05, 0) is 12.1 Å². The minimum absolute atomic E-state index is 0.102. The number of fused-ring (bicyclic) bond motifs is 1. The van der Waals surface area contributed by atoms with Crippen molar-refractivity contribution in [1.82, 2.24) is 15.2 Å². The highest BCUT2D eigenvalue weighted by molar-refractivity contribution is 7.98. The fraction of sp³-hybridized carbons (Fsp3) is 0.545. The van der Waals surface area contributed by atoms with Gasteiger partial charge in [0.15, 0.2) is 0 Å². The lowest BCUT2D eigenvalue weighted by Gasteiger charge is -2.26. The van der Waals surface area contributed by atoms with Crippen molar-refractivity contribution in [2.75, 3.05) is 18.8 Å². The Morgan fingerprint density at radius 2 is 2.31 bits per heavy atom. The standard InChI is InChI=1S/C11H15N3OS/c15-11-10(12-3-4-13-11)9-2-1-8-7-16-6-5-14(8)9/h1-2,10,12H,3-7H2,(H,13,15). The molecule has 1 atom stereocenters. The summed E-state index contributed by atoms with van der Waals surface area (Å²) in [4.78, 5) is 11.8. The molecule has 4 nitrogen and oxygen atoms in total. The molecule has 2 aliphatic rings. The van der Waals surface area contributed by atoms with E-state index in [0.717, 1.165) is 36.8 Å². The molecule has 2 N–H and O–H groups in total. The summed E-state index contributed by atoms with van der Waals surface area (Å²) in [6.07, 6.45) is 0. The SMILES string of the molecule is O=C1NCCNC1c1ccc2n1CCSC2. The van der Waals surface area contributed by atoms with Crippen molar-refractivity contribution in [1.29, 1.82) is 0 Å². The number of hydrogen-bond acceptors (Lipinski definition) is 3. The Hall–Kier alpha value is -0.940. The van der Waals surface area contributed by atoms with Crippen molar-refractivity contribution in [3.8, 4) is 0 Å². The number of piperazine rings is 1. The maximum Gasteiger partial charge on any atom is 0.243 e. The molecule has 0 radical (unpaired) electrons. The molecule has 0 aromatic carbocycles. The second kappa shape index (κ2) is 4.14. The van der Waals surface area contributed by atoms with Crippen LogP contribution in [0.1, 0.15) is 17.4 Å². The van der Waals surface area contributed by atoms with E-state index in [-0.39, 0.29) is 11.9 Å². The van der Waals surface area contributed by atoms with Crippen LogP contribution in [0.3, 0.4) is 0 Å². The second-order valence-electron chi connectivity index (χ2n) is 4.13. The number of aromatic nitrogens is 1. The van der Waals surface area contributed by atoms with Crippen LogP contribution < -0.4 is 10.6 Å². The minimum Gasteiger partial charge on any atom is -0.353 e. The molecule has 5 heteroatoms. The van der Waals surface area contributed by atoms with Crippen LogP contribution in [0.5, 0.6) is 0 Å². The number of thioether (sulfide) groups is 1. The highest BCUT2D eigenvalue weighted by Gasteiger charge is 2.27. The molecule has 1 amide bonds. The van der Waals surface area contributed by atoms with Crippen LogP contribution in [0.4, 0.5) is 0 Å². The Morgan fingerprint density at radius 1 is 1.38 bits per heavy atom. The van der Waals surface area contributed by atoms with Crippen molar-refractivity contribution < 1.29 is 4.79 Å². The van der Waals surface area contributed by atoms with E-state index in [2.05, 4.69) is 27.3 Å². The first-order valence-electron chi connectivity index (χ1n) is 5.63. The van der Waals surface area contributed by atoms with Crippen LogP contribution >= 0.6 is 11.8 Å². The molecule has 3 heterocycles. The fourth-order valence-electron chi connectivity index (χ4n) is 2.35. The van der Waals surface area contributed by atoms with Crippen molar-refractivity contribution in [3.63, 3.8) is 0 Å². The maximum atomic E-state index is 11.8. The molecule has 1 aromatic heterocycles. The van der Waals surface area contributed by atoms with Crippen LogP contribution in [0.25, 0.3) is 0 Å². The average Bonchev–Trinajstić information content (AvgIpc) is 2.74. The Kier molecular flexibility index (Phi) is 2.65. The van der Waals surface area contributed by atoms with Gasteiger partial charge in [0, 0.05) is 42.5 Å². The van der Waals surface area contributed by atoms with Gasteiger partial charge in [0.05, 0.1) is 0 Å². The molecule has 1 fully saturated rings. The molecule has 3 rings (SSSR count). The van der Waals surface area contributed by atoms with Crippen LogP contribution in [0.2, 0.25) is 0 Å². The molecule has 2 aliphatic heterocycles. The summed E-state index contributed by atoms with van der Waals surface area (Å²) in [6.45, 7) is 2.61. The van der Waals surface area contributed by atoms with Gasteiger partial charge >= 0.3 is 0 Å². The predicted molar refractivity (Wildman–Crippen MR) is 64.3 cm³/mol. The molecule has 0 bridgehead atoms. The topological polar surface area (TPSA) is 46.1 Å². The van der Waals surface area contributed by atoms with Gasteiger partial charge in [-0.15, -0.1) is 0 Å². The molecular formula is C11H15N3OS. The predicted octanol–water partition coefficient (Wildman–Crippen LogP) is 0.495. The summed E-state index contributed by atoms with van der Waals surface area (Å²) in [6, 6.07) is 4.07. The normalized spacial score (nSPS) is 25.0. The first-order chi connectivity index (χ1) is 7.86. The van der Waals surface area contributed by atoms with Crippen molar-refractivity contribution >= 4 is 17.7 Å². The second-order valence-corrected chi connectivity index (χ2v) is 5.24. The molecule has 0 aliphatic carbocycles. The summed E-state index contributed by atoms with van der Waals surface area (Å²) >= 11 is 1.96. The molecule has 16 heavy (non-hydrogen) atoms. The molecular weight excluding hydrogens is 222 g/mol. The number of nitrogens with zero attached hydrogens (tertiary/aromatic N) is 1. The largest absolute Gasteiger partial charge is 0.353 e. The number of carbonyl (C=O) groups is 1. The summed E-state index contributed by atoms with van der Waals surface area (Å²) in [5.74, 6) is 2.31. The third-order valence-electron chi connectivity index (χ3n) is 3.14. The maximum absolute atomic E-state index is 11.8. The monoisotopic (exact) mass is 237 g/mol. The van der Waals surface area contributed by atoms with Crippen LogP contribution in [-0.2, 0) is 17.1 Å². The summed E-state index contributed by atoms with van der Waals surface area (Å²) in [5, 5.41) is 6.19. The van der Waals surface area contributed by atoms with Crippen LogP contribution in [0, 0.1) is 0 Å². The third-order valence-corrected chi connectivity index (χ3v) is 4.12. The minimum atomic E-state index is -0.161. The number of nitrogens with one attached hydrogen (secondary N) is 2. The van der Waals surface area contributed by atoms with E-state index in [1.165, 1.54) is 5.69 Å². The van der Waals surface area contributed by atoms with Gasteiger partial charge in [0.2, 0.25) is 5.91 Å². The van der Waals surface area contributed by atoms with Crippen molar-refractivity contribution in [2.24, 2.45) is 0 Å². The van der Waals surface area contributed by atoms with Crippen molar-refractivity contribution in [3.05, 3.63) is 23.5 Å². The number of rotatable bonds is 1. The van der Waals surface area contributed by atoms with Gasteiger partial charge < -0.3 is 9.88 Å². The zero-order chi connectivity index (χ0) is 11.0. The Bertz CT molecular complexity index is 415. The van der Waals surface area contributed by atoms with Gasteiger partial charge in [-0.2, -0.15) is 11.8 Å². The van der Waals surface area contributed by atoms with E-state index in [4.69, 9.17) is 0 Å². The van der Waals surface area contributed by atoms with Gasteiger partial charge in [0.25, 0.3) is 0 Å². The fourth-order valence-corrected chi connectivity index (χ4v) is 3.26. The van der Waals surface area contributed by atoms with E-state index in [1.54, 1.807) is 0 Å². The molecule has 0 spiro atoms. The smallest absolute Gasteiger partial charge is 0.243 e. The van der Waals surface area contributed by atoms with Crippen molar-refractivity contribution in [2.45, 2.75) is 18.3 Å². The number of carbonyl (C=O) groups excluding carboxylic acids is 1. The number of amides is 1. The Labute approximate surface area is 98.8 Å². The van der Waals surface area contributed by atoms with Gasteiger partial charge in [-0.1, -0.05) is 0 Å². The molecule has 0 saturated carbocycles. The highest BCUT2D eigenvalue weighted by Crippen LogP contribution is 2.26. The lowest BCUT2D eigenvalue weighted by molar-refractivity contribution is -0.124. The van der Waals surface area contributed by atoms with E-state index in [0.29, 0.717) is 0 Å². The summed E-state index contributed by atoms with van der Waals surface area (Å²) in [7, 11) is 0. The summed E-state index contributed by atoms with van der Waals surface area (Å²) < 4.78 is 2.29. The first kappa shape index (κ1) is 10.2. The molecule has 1 unspecified atom stereocenters. The highest BCUT2D eigenvalue weighted by atomic mass is 32.2. The van der Waals surface area contributed by atoms with E-state index in [9.17, 15) is 4.79 Å². The molecule has 86 valence electrons. The number of hydrogen-bond donors (Lipinski definition) is 2. The van der Waals surface area contributed by atoms with Gasteiger partial charge in [-0.3, -0.25) is 10.1 Å². The van der Waals surface area contributed by atoms with E-state index in [1.807, 2.05) is 11.8 Å². The van der Waals surface area contributed by atoms with E-state index < -0.39 is 0 Å². The van der Waals surface area contributed by atoms with Gasteiger partial charge in [0.1, 0.15) is 6.04 Å². The lowest BCUT2D eigenvalue weighted by atomic mass is 10.1. The summed E-state index contributed by atoms with van der Waals surface area (Å²) in [5.41, 5.74) is 2.46. The van der Waals surface area contributed by atoms with Crippen LogP contribution in [0.15, 0.2) is 12.1 Å². The lowest BCUT2D eigenvalue weighted by Crippen LogP contribution is -2.48. The Balaban J connectivity index is 1.93. The van der Waals surface area contributed by atoms with Gasteiger partial charge in [-0.25, -0.2) is 0 Å². The zero-order valence-electron chi connectivity index (χ0n) is 9.03. The first-order valence-corrected chi connectivity index (χ1v) is 6.79. The quantitative estimate of drug-likeness (QED) is 0.747. The van der Waals surface area contributed by atoms with E-state index >= 15 is 0 Å².